The molecular formula is C22H29N5O2. The lowest BCUT2D eigenvalue weighted by Crippen LogP contribution is -2.41. The van der Waals surface area contributed by atoms with Gasteiger partial charge in [0.25, 0.3) is 5.56 Å². The Balaban J connectivity index is 1.88. The highest BCUT2D eigenvalue weighted by molar-refractivity contribution is 5.75. The number of imidazole rings is 1. The third-order valence-corrected chi connectivity index (χ3v) is 5.58. The zero-order chi connectivity index (χ0) is 20.5. The second-order valence-corrected chi connectivity index (χ2v) is 7.89. The summed E-state index contributed by atoms with van der Waals surface area (Å²) in [7, 11) is 0. The molecule has 0 aliphatic carbocycles. The van der Waals surface area contributed by atoms with Gasteiger partial charge in [0, 0.05) is 32.7 Å². The zero-order valence-electron chi connectivity index (χ0n) is 17.5. The van der Waals surface area contributed by atoms with Crippen LogP contribution < -0.4 is 16.1 Å². The van der Waals surface area contributed by atoms with E-state index in [0.29, 0.717) is 24.3 Å². The molecule has 0 amide bonds. The first kappa shape index (κ1) is 19.5. The van der Waals surface area contributed by atoms with Crippen LogP contribution in [0.1, 0.15) is 44.2 Å². The predicted molar refractivity (Wildman–Crippen MR) is 116 cm³/mol. The normalized spacial score (nSPS) is 13.8. The molecule has 3 aromatic rings. The molecule has 29 heavy (non-hydrogen) atoms. The summed E-state index contributed by atoms with van der Waals surface area (Å²) in [6.07, 6.45) is 2.51. The number of rotatable bonds is 6. The maximum absolute atomic E-state index is 13.2. The van der Waals surface area contributed by atoms with E-state index in [9.17, 15) is 9.59 Å². The number of aromatic nitrogens is 4. The van der Waals surface area contributed by atoms with E-state index in [-0.39, 0.29) is 11.2 Å². The highest BCUT2D eigenvalue weighted by atomic mass is 16.2. The van der Waals surface area contributed by atoms with Gasteiger partial charge in [-0.3, -0.25) is 13.9 Å². The van der Waals surface area contributed by atoms with Gasteiger partial charge < -0.3 is 9.47 Å². The first-order chi connectivity index (χ1) is 14.0. The fourth-order valence-electron chi connectivity index (χ4n) is 4.16. The maximum atomic E-state index is 13.2. The third kappa shape index (κ3) is 3.39. The Morgan fingerprint density at radius 1 is 0.966 bits per heavy atom. The fraction of sp³-hybridized carbons (Fsp3) is 0.500. The minimum absolute atomic E-state index is 0.213. The lowest BCUT2D eigenvalue weighted by Gasteiger charge is -2.29. The van der Waals surface area contributed by atoms with Crippen LogP contribution in [-0.2, 0) is 26.2 Å². The molecular weight excluding hydrogens is 366 g/mol. The van der Waals surface area contributed by atoms with E-state index < -0.39 is 0 Å². The third-order valence-electron chi connectivity index (χ3n) is 5.58. The van der Waals surface area contributed by atoms with Gasteiger partial charge in [-0.05, 0) is 31.7 Å². The van der Waals surface area contributed by atoms with Crippen molar-refractivity contribution in [2.45, 2.75) is 66.2 Å². The van der Waals surface area contributed by atoms with Crippen LogP contribution in [0.15, 0.2) is 33.9 Å². The van der Waals surface area contributed by atoms with Crippen LogP contribution in [0.4, 0.5) is 5.95 Å². The predicted octanol–water partition coefficient (Wildman–Crippen LogP) is 2.90. The SMILES string of the molecule is CCCn1c(=O)c2c(nc3n2CCCN3Cc2ccc(C)cc2)n(CCC)c1=O. The van der Waals surface area contributed by atoms with Crippen molar-refractivity contribution in [3.63, 3.8) is 0 Å². The summed E-state index contributed by atoms with van der Waals surface area (Å²) in [6.45, 7) is 9.48. The standard InChI is InChI=1S/C22H29N5O2/c1-4-11-26-19-18(20(28)27(12-5-2)22(26)29)25-14-6-13-24(21(25)23-19)15-17-9-7-16(3)8-10-17/h7-10H,4-6,11-15H2,1-3H3. The number of anilines is 1. The number of aryl methyl sites for hydroxylation is 3. The summed E-state index contributed by atoms with van der Waals surface area (Å²) < 4.78 is 5.08. The molecule has 0 fully saturated rings. The average Bonchev–Trinajstić information content (AvgIpc) is 3.11. The van der Waals surface area contributed by atoms with Gasteiger partial charge in [-0.25, -0.2) is 4.79 Å². The van der Waals surface area contributed by atoms with Crippen molar-refractivity contribution in [2.24, 2.45) is 0 Å². The van der Waals surface area contributed by atoms with Gasteiger partial charge in [0.05, 0.1) is 0 Å². The molecule has 0 saturated heterocycles. The van der Waals surface area contributed by atoms with Crippen LogP contribution in [0.5, 0.6) is 0 Å². The summed E-state index contributed by atoms with van der Waals surface area (Å²) in [5, 5.41) is 0. The minimum atomic E-state index is -0.244. The number of hydrogen-bond donors (Lipinski definition) is 0. The molecule has 0 atom stereocenters. The Labute approximate surface area is 170 Å². The Kier molecular flexibility index (Phi) is 5.30. The summed E-state index contributed by atoms with van der Waals surface area (Å²) in [6, 6.07) is 8.51. The van der Waals surface area contributed by atoms with Crippen LogP contribution in [0.2, 0.25) is 0 Å². The van der Waals surface area contributed by atoms with E-state index in [4.69, 9.17) is 4.98 Å². The minimum Gasteiger partial charge on any atom is -0.338 e. The Morgan fingerprint density at radius 3 is 2.34 bits per heavy atom. The molecule has 0 unspecified atom stereocenters. The molecule has 1 aliphatic rings. The van der Waals surface area contributed by atoms with Gasteiger partial charge in [0.2, 0.25) is 5.95 Å². The lowest BCUT2D eigenvalue weighted by atomic mass is 10.1. The van der Waals surface area contributed by atoms with Crippen LogP contribution in [-0.4, -0.2) is 25.2 Å². The molecule has 0 bridgehead atoms. The van der Waals surface area contributed by atoms with Crippen LogP contribution in [0.3, 0.4) is 0 Å². The van der Waals surface area contributed by atoms with Gasteiger partial charge in [-0.15, -0.1) is 0 Å². The van der Waals surface area contributed by atoms with Gasteiger partial charge >= 0.3 is 5.69 Å². The number of fused-ring (bicyclic) bond motifs is 3. The smallest absolute Gasteiger partial charge is 0.332 e. The lowest BCUT2D eigenvalue weighted by molar-refractivity contribution is 0.546. The highest BCUT2D eigenvalue weighted by Crippen LogP contribution is 2.26. The van der Waals surface area contributed by atoms with Crippen molar-refractivity contribution in [1.82, 2.24) is 18.7 Å². The molecule has 2 aromatic heterocycles. The molecule has 7 nitrogen and oxygen atoms in total. The highest BCUT2D eigenvalue weighted by Gasteiger charge is 2.26. The van der Waals surface area contributed by atoms with Crippen molar-refractivity contribution in [3.8, 4) is 0 Å². The average molecular weight is 396 g/mol. The molecule has 0 N–H and O–H groups in total. The van der Waals surface area contributed by atoms with Gasteiger partial charge in [0.15, 0.2) is 11.2 Å². The molecule has 0 spiro atoms. The summed E-state index contributed by atoms with van der Waals surface area (Å²) in [4.78, 5) is 33.2. The van der Waals surface area contributed by atoms with E-state index in [1.165, 1.54) is 15.7 Å². The van der Waals surface area contributed by atoms with Gasteiger partial charge in [-0.2, -0.15) is 4.98 Å². The Bertz CT molecular complexity index is 1140. The van der Waals surface area contributed by atoms with Crippen molar-refractivity contribution >= 4 is 17.1 Å². The van der Waals surface area contributed by atoms with Crippen molar-refractivity contribution in [2.75, 3.05) is 11.4 Å². The largest absolute Gasteiger partial charge is 0.338 e. The zero-order valence-corrected chi connectivity index (χ0v) is 17.5. The van der Waals surface area contributed by atoms with E-state index in [1.807, 2.05) is 18.4 Å². The topological polar surface area (TPSA) is 65.1 Å². The summed E-state index contributed by atoms with van der Waals surface area (Å²) >= 11 is 0. The molecule has 3 heterocycles. The number of hydrogen-bond acceptors (Lipinski definition) is 4. The monoisotopic (exact) mass is 395 g/mol. The fourth-order valence-corrected chi connectivity index (χ4v) is 4.16. The van der Waals surface area contributed by atoms with E-state index in [1.54, 1.807) is 4.57 Å². The maximum Gasteiger partial charge on any atom is 0.332 e. The number of nitrogens with zero attached hydrogens (tertiary/aromatic N) is 5. The van der Waals surface area contributed by atoms with E-state index in [2.05, 4.69) is 36.1 Å². The molecule has 1 aromatic carbocycles. The first-order valence-electron chi connectivity index (χ1n) is 10.6. The first-order valence-corrected chi connectivity index (χ1v) is 10.6. The van der Waals surface area contributed by atoms with Gasteiger partial charge in [-0.1, -0.05) is 43.7 Å². The molecule has 154 valence electrons. The van der Waals surface area contributed by atoms with Crippen molar-refractivity contribution < 1.29 is 0 Å². The van der Waals surface area contributed by atoms with E-state index in [0.717, 1.165) is 44.8 Å². The van der Waals surface area contributed by atoms with Gasteiger partial charge in [0.1, 0.15) is 0 Å². The molecule has 0 radical (unpaired) electrons. The molecule has 4 rings (SSSR count). The Hall–Kier alpha value is -2.83. The summed E-state index contributed by atoms with van der Waals surface area (Å²) in [5.41, 5.74) is 3.09. The van der Waals surface area contributed by atoms with Crippen LogP contribution in [0, 0.1) is 6.92 Å². The molecule has 1 aliphatic heterocycles. The van der Waals surface area contributed by atoms with Crippen LogP contribution >= 0.6 is 0 Å². The quantitative estimate of drug-likeness (QED) is 0.644. The number of benzene rings is 1. The second kappa shape index (κ2) is 7.89. The Morgan fingerprint density at radius 2 is 1.66 bits per heavy atom. The van der Waals surface area contributed by atoms with E-state index >= 15 is 0 Å². The molecule has 0 saturated carbocycles. The van der Waals surface area contributed by atoms with Crippen LogP contribution in [0.25, 0.3) is 11.2 Å². The van der Waals surface area contributed by atoms with Crippen molar-refractivity contribution in [3.05, 3.63) is 56.2 Å². The van der Waals surface area contributed by atoms with Crippen molar-refractivity contribution in [1.29, 1.82) is 0 Å². The molecule has 7 heteroatoms. The summed E-state index contributed by atoms with van der Waals surface area (Å²) in [5.74, 6) is 0.794. The second-order valence-electron chi connectivity index (χ2n) is 7.89.